The molecule has 0 saturated carbocycles. The molecule has 1 aromatic rings. The van der Waals surface area contributed by atoms with Crippen molar-refractivity contribution in [1.29, 1.82) is 0 Å². The zero-order valence-corrected chi connectivity index (χ0v) is 12.6. The summed E-state index contributed by atoms with van der Waals surface area (Å²) in [5.41, 5.74) is 1.14. The van der Waals surface area contributed by atoms with Crippen LogP contribution in [0.3, 0.4) is 0 Å². The molecule has 0 aliphatic carbocycles. The summed E-state index contributed by atoms with van der Waals surface area (Å²) in [5, 5.41) is 0. The molecule has 0 spiro atoms. The van der Waals surface area contributed by atoms with Crippen LogP contribution in [-0.2, 0) is 11.3 Å². The molecule has 1 saturated heterocycles. The summed E-state index contributed by atoms with van der Waals surface area (Å²) in [6, 6.07) is 6.00. The summed E-state index contributed by atoms with van der Waals surface area (Å²) >= 11 is 0. The number of unbranched alkanes of at least 4 members (excludes halogenated alkanes) is 1. The molecule has 0 amide bonds. The van der Waals surface area contributed by atoms with E-state index in [9.17, 15) is 0 Å². The molecule has 3 rings (SSSR count). The van der Waals surface area contributed by atoms with Crippen molar-refractivity contribution in [3.63, 3.8) is 0 Å². The molecule has 0 atom stereocenters. The van der Waals surface area contributed by atoms with Crippen LogP contribution in [0.25, 0.3) is 0 Å². The molecule has 1 radical (unpaired) electrons. The van der Waals surface area contributed by atoms with Gasteiger partial charge in [0.15, 0.2) is 11.5 Å². The normalized spacial score (nSPS) is 18.1. The van der Waals surface area contributed by atoms with E-state index in [1.165, 1.54) is 38.9 Å². The topological polar surface area (TPSA) is 30.9 Å². The van der Waals surface area contributed by atoms with E-state index >= 15 is 0 Å². The Bertz CT molecular complexity index is 444. The lowest BCUT2D eigenvalue weighted by atomic mass is 10.1. The van der Waals surface area contributed by atoms with Crippen molar-refractivity contribution >= 4 is 0 Å². The van der Waals surface area contributed by atoms with E-state index in [-0.39, 0.29) is 0 Å². The maximum atomic E-state index is 5.75. The van der Waals surface area contributed by atoms with Crippen LogP contribution in [0, 0.1) is 6.42 Å². The molecule has 0 N–H and O–H groups in total. The van der Waals surface area contributed by atoms with Gasteiger partial charge in [-0.2, -0.15) is 0 Å². The second-order valence-corrected chi connectivity index (χ2v) is 5.65. The van der Waals surface area contributed by atoms with Gasteiger partial charge in [-0.15, -0.1) is 0 Å². The summed E-state index contributed by atoms with van der Waals surface area (Å²) in [4.78, 5) is 2.55. The van der Waals surface area contributed by atoms with Crippen molar-refractivity contribution in [3.05, 3.63) is 30.2 Å². The molecule has 2 aliphatic heterocycles. The molecule has 0 unspecified atom stereocenters. The predicted molar refractivity (Wildman–Crippen MR) is 81.4 cm³/mol. The fourth-order valence-electron chi connectivity index (χ4n) is 2.79. The number of rotatable bonds is 7. The Kier molecular flexibility index (Phi) is 5.35. The first-order chi connectivity index (χ1) is 10.4. The number of benzene rings is 1. The molecule has 2 heterocycles. The lowest BCUT2D eigenvalue weighted by Crippen LogP contribution is -2.30. The van der Waals surface area contributed by atoms with E-state index in [1.807, 2.05) is 18.2 Å². The van der Waals surface area contributed by atoms with Crippen LogP contribution in [-0.4, -0.2) is 37.9 Å². The number of fused-ring (bicyclic) bond motifs is 1. The monoisotopic (exact) mass is 290 g/mol. The number of nitrogens with zero attached hydrogens (tertiary/aromatic N) is 1. The molecule has 4 nitrogen and oxygen atoms in total. The molecule has 21 heavy (non-hydrogen) atoms. The molecular formula is C17H24NO3. The van der Waals surface area contributed by atoms with Crippen LogP contribution >= 0.6 is 0 Å². The quantitative estimate of drug-likeness (QED) is 0.722. The Hall–Kier alpha value is -1.26. The summed E-state index contributed by atoms with van der Waals surface area (Å²) in [5.74, 6) is 1.66. The highest BCUT2D eigenvalue weighted by atomic mass is 16.7. The van der Waals surface area contributed by atoms with Crippen LogP contribution in [0.15, 0.2) is 18.2 Å². The molecular weight excluding hydrogens is 266 g/mol. The number of likely N-dealkylation sites (tertiary alicyclic amines) is 1. The van der Waals surface area contributed by atoms with Gasteiger partial charge in [0.2, 0.25) is 6.79 Å². The molecule has 1 aromatic carbocycles. The lowest BCUT2D eigenvalue weighted by molar-refractivity contribution is 0.113. The minimum absolute atomic E-state index is 0.327. The summed E-state index contributed by atoms with van der Waals surface area (Å²) in [7, 11) is 0. The van der Waals surface area contributed by atoms with Gasteiger partial charge in [0.1, 0.15) is 0 Å². The van der Waals surface area contributed by atoms with Gasteiger partial charge in [0.05, 0.1) is 6.61 Å². The molecule has 2 aliphatic rings. The van der Waals surface area contributed by atoms with E-state index in [4.69, 9.17) is 14.2 Å². The van der Waals surface area contributed by atoms with E-state index in [1.54, 1.807) is 0 Å². The summed E-state index contributed by atoms with van der Waals surface area (Å²) < 4.78 is 16.4. The highest BCUT2D eigenvalue weighted by Crippen LogP contribution is 2.32. The van der Waals surface area contributed by atoms with Crippen LogP contribution < -0.4 is 9.47 Å². The van der Waals surface area contributed by atoms with E-state index < -0.39 is 0 Å². The average molecular weight is 290 g/mol. The fourth-order valence-corrected chi connectivity index (χ4v) is 2.79. The second kappa shape index (κ2) is 7.66. The van der Waals surface area contributed by atoms with Gasteiger partial charge in [-0.25, -0.2) is 0 Å². The van der Waals surface area contributed by atoms with Gasteiger partial charge < -0.3 is 19.1 Å². The van der Waals surface area contributed by atoms with Crippen LogP contribution in [0.4, 0.5) is 0 Å². The molecule has 1 fully saturated rings. The van der Waals surface area contributed by atoms with Gasteiger partial charge >= 0.3 is 0 Å². The lowest BCUT2D eigenvalue weighted by Gasteiger charge is -2.26. The van der Waals surface area contributed by atoms with E-state index in [0.717, 1.165) is 30.1 Å². The van der Waals surface area contributed by atoms with E-state index in [2.05, 4.69) is 11.3 Å². The van der Waals surface area contributed by atoms with Crippen LogP contribution in [0.2, 0.25) is 0 Å². The Balaban J connectivity index is 1.28. The maximum Gasteiger partial charge on any atom is 0.231 e. The Morgan fingerprint density at radius 2 is 1.90 bits per heavy atom. The minimum Gasteiger partial charge on any atom is -0.454 e. The molecule has 115 valence electrons. The molecule has 4 heteroatoms. The van der Waals surface area contributed by atoms with Crippen LogP contribution in [0.5, 0.6) is 11.5 Å². The third-order valence-electron chi connectivity index (χ3n) is 4.02. The van der Waals surface area contributed by atoms with Gasteiger partial charge in [-0.1, -0.05) is 6.07 Å². The van der Waals surface area contributed by atoms with Gasteiger partial charge in [-0.05, 0) is 69.4 Å². The van der Waals surface area contributed by atoms with Crippen molar-refractivity contribution in [2.75, 3.05) is 33.0 Å². The smallest absolute Gasteiger partial charge is 0.231 e. The van der Waals surface area contributed by atoms with Gasteiger partial charge in [0, 0.05) is 6.61 Å². The summed E-state index contributed by atoms with van der Waals surface area (Å²) in [6.07, 6.45) is 7.25. The first kappa shape index (κ1) is 14.7. The van der Waals surface area contributed by atoms with Crippen molar-refractivity contribution in [1.82, 2.24) is 4.90 Å². The van der Waals surface area contributed by atoms with Gasteiger partial charge in [-0.3, -0.25) is 0 Å². The Labute approximate surface area is 127 Å². The van der Waals surface area contributed by atoms with Crippen LogP contribution in [0.1, 0.15) is 31.2 Å². The van der Waals surface area contributed by atoms with Crippen molar-refractivity contribution < 1.29 is 14.2 Å². The number of ether oxygens (including phenoxy) is 3. The summed E-state index contributed by atoms with van der Waals surface area (Å²) in [6.45, 7) is 5.48. The highest BCUT2D eigenvalue weighted by Gasteiger charge is 2.13. The van der Waals surface area contributed by atoms with Crippen molar-refractivity contribution in [3.8, 4) is 11.5 Å². The Morgan fingerprint density at radius 1 is 1.05 bits per heavy atom. The van der Waals surface area contributed by atoms with Crippen molar-refractivity contribution in [2.45, 2.75) is 32.3 Å². The first-order valence-electron chi connectivity index (χ1n) is 7.92. The largest absolute Gasteiger partial charge is 0.454 e. The minimum atomic E-state index is 0.327. The zero-order chi connectivity index (χ0) is 14.3. The second-order valence-electron chi connectivity index (χ2n) is 5.65. The fraction of sp³-hybridized carbons (Fsp3) is 0.588. The van der Waals surface area contributed by atoms with Crippen molar-refractivity contribution in [2.24, 2.45) is 0 Å². The standard InChI is InChI=1S/C17H24NO3/c1-2-8-18(9-3-1)10-4-5-11-19-13-15-6-7-16-17(12-15)21-14-20-16/h1,6-7,12H,2-5,8-11,13-14H2. The number of piperidine rings is 1. The average Bonchev–Trinajstić information content (AvgIpc) is 2.99. The Morgan fingerprint density at radius 3 is 2.81 bits per heavy atom. The zero-order valence-electron chi connectivity index (χ0n) is 12.6. The number of hydrogen-bond acceptors (Lipinski definition) is 4. The third kappa shape index (κ3) is 4.35. The maximum absolute atomic E-state index is 5.75. The third-order valence-corrected chi connectivity index (χ3v) is 4.02. The van der Waals surface area contributed by atoms with Gasteiger partial charge in [0.25, 0.3) is 0 Å². The first-order valence-corrected chi connectivity index (χ1v) is 7.92. The predicted octanol–water partition coefficient (Wildman–Crippen LogP) is 3.01. The SMILES string of the molecule is [CH]1CCN(CCCCOCc2ccc3c(c2)OCO3)CC1. The molecule has 0 aromatic heterocycles. The van der Waals surface area contributed by atoms with E-state index in [0.29, 0.717) is 13.4 Å². The molecule has 0 bridgehead atoms. The highest BCUT2D eigenvalue weighted by molar-refractivity contribution is 5.44. The number of hydrogen-bond donors (Lipinski definition) is 0.